The van der Waals surface area contributed by atoms with Gasteiger partial charge in [0.2, 0.25) is 0 Å². The standard InChI is InChI=1S/C47H86NO8P/c1-6-8-10-12-14-16-18-20-21-22-23-24-25-26-28-29-31-33-35-37-39-46(49)53-43-45(44-55-57(51,52)54-42-41-48(3,4)5)56-47(50)40-38-36-34-32-30-27-19-17-15-13-11-9-7-2/h9,11,13,15,17,19,27,30,45H,6-8,10,12,14,16,18,20-26,28-29,31-44H2,1-5H3/b11-9+,15-13+,19-17+,30-27+. The third-order valence-corrected chi connectivity index (χ3v) is 10.7. The molecule has 0 amide bonds. The summed E-state index contributed by atoms with van der Waals surface area (Å²) in [5, 5.41) is 0. The van der Waals surface area contributed by atoms with Crippen molar-refractivity contribution in [2.75, 3.05) is 47.5 Å². The second-order valence-electron chi connectivity index (χ2n) is 16.5. The number of hydrogen-bond acceptors (Lipinski definition) is 8. The monoisotopic (exact) mass is 824 g/mol. The number of quaternary nitrogens is 1. The van der Waals surface area contributed by atoms with Crippen LogP contribution in [0, 0.1) is 0 Å². The molecule has 0 bridgehead atoms. The lowest BCUT2D eigenvalue weighted by Gasteiger charge is -2.28. The molecule has 2 unspecified atom stereocenters. The van der Waals surface area contributed by atoms with Crippen molar-refractivity contribution in [3.05, 3.63) is 48.6 Å². The quantitative estimate of drug-likeness (QED) is 0.0197. The molecule has 0 saturated heterocycles. The molecule has 0 fully saturated rings. The van der Waals surface area contributed by atoms with Gasteiger partial charge in [0.1, 0.15) is 19.8 Å². The summed E-state index contributed by atoms with van der Waals surface area (Å²) < 4.78 is 33.9. The largest absolute Gasteiger partial charge is 0.756 e. The van der Waals surface area contributed by atoms with Crippen LogP contribution in [0.3, 0.4) is 0 Å². The number of carbonyl (C=O) groups excluding carboxylic acids is 2. The highest BCUT2D eigenvalue weighted by Gasteiger charge is 2.21. The molecule has 0 radical (unpaired) electrons. The first-order chi connectivity index (χ1) is 27.5. The molecule has 57 heavy (non-hydrogen) atoms. The highest BCUT2D eigenvalue weighted by Crippen LogP contribution is 2.38. The van der Waals surface area contributed by atoms with E-state index in [-0.39, 0.29) is 26.1 Å². The molecule has 10 heteroatoms. The summed E-state index contributed by atoms with van der Waals surface area (Å²) >= 11 is 0. The fraction of sp³-hybridized carbons (Fsp3) is 0.787. The van der Waals surface area contributed by atoms with Crippen molar-refractivity contribution in [3.63, 3.8) is 0 Å². The normalized spacial score (nSPS) is 14.0. The first kappa shape index (κ1) is 55.0. The minimum atomic E-state index is -4.63. The van der Waals surface area contributed by atoms with Crippen LogP contribution in [0.15, 0.2) is 48.6 Å². The predicted molar refractivity (Wildman–Crippen MR) is 236 cm³/mol. The van der Waals surface area contributed by atoms with E-state index in [1.807, 2.05) is 57.6 Å². The second kappa shape index (κ2) is 39.4. The van der Waals surface area contributed by atoms with Crippen molar-refractivity contribution in [2.45, 2.75) is 193 Å². The van der Waals surface area contributed by atoms with Crippen LogP contribution in [-0.4, -0.2) is 70.0 Å². The third kappa shape index (κ3) is 43.4. The van der Waals surface area contributed by atoms with E-state index in [4.69, 9.17) is 18.5 Å². The third-order valence-electron chi connectivity index (χ3n) is 9.71. The number of phosphoric ester groups is 1. The van der Waals surface area contributed by atoms with Crippen LogP contribution in [-0.2, 0) is 32.7 Å². The maximum Gasteiger partial charge on any atom is 0.306 e. The maximum atomic E-state index is 12.6. The second-order valence-corrected chi connectivity index (χ2v) is 17.9. The summed E-state index contributed by atoms with van der Waals surface area (Å²) in [7, 11) is 1.14. The van der Waals surface area contributed by atoms with Gasteiger partial charge in [-0.05, 0) is 32.1 Å². The van der Waals surface area contributed by atoms with E-state index < -0.39 is 32.5 Å². The molecule has 2 atom stereocenters. The number of nitrogens with zero attached hydrogens (tertiary/aromatic N) is 1. The summed E-state index contributed by atoms with van der Waals surface area (Å²) in [6, 6.07) is 0. The molecule has 0 aromatic heterocycles. The van der Waals surface area contributed by atoms with E-state index in [1.165, 1.54) is 109 Å². The zero-order chi connectivity index (χ0) is 42.1. The number of phosphoric acid groups is 1. The Kier molecular flexibility index (Phi) is 38.0. The van der Waals surface area contributed by atoms with Crippen molar-refractivity contribution < 1.29 is 42.1 Å². The first-order valence-corrected chi connectivity index (χ1v) is 24.4. The van der Waals surface area contributed by atoms with Crippen molar-refractivity contribution in [1.82, 2.24) is 0 Å². The molecule has 0 aliphatic heterocycles. The molecule has 0 aliphatic carbocycles. The lowest BCUT2D eigenvalue weighted by molar-refractivity contribution is -0.870. The van der Waals surface area contributed by atoms with E-state index in [2.05, 4.69) is 26.0 Å². The van der Waals surface area contributed by atoms with E-state index in [9.17, 15) is 19.0 Å². The van der Waals surface area contributed by atoms with E-state index in [0.29, 0.717) is 17.4 Å². The summed E-state index contributed by atoms with van der Waals surface area (Å²) in [4.78, 5) is 37.5. The molecule has 0 rings (SSSR count). The Morgan fingerprint density at radius 2 is 1.00 bits per heavy atom. The SMILES string of the molecule is CC/C=C/C=C/C=C/C=C/CCCCCC(=O)OC(COC(=O)CCCCCCCCCCCCCCCCCCCCCC)COP(=O)([O-])OCC[N+](C)(C)C. The molecule has 0 N–H and O–H groups in total. The minimum absolute atomic E-state index is 0.0393. The van der Waals surface area contributed by atoms with Gasteiger partial charge in [0.05, 0.1) is 27.7 Å². The summed E-state index contributed by atoms with van der Waals surface area (Å²) in [5.41, 5.74) is 0. The first-order valence-electron chi connectivity index (χ1n) is 22.9. The number of esters is 2. The number of unbranched alkanes of at least 4 members (excludes halogenated alkanes) is 22. The highest BCUT2D eigenvalue weighted by atomic mass is 31.2. The molecule has 332 valence electrons. The minimum Gasteiger partial charge on any atom is -0.756 e. The van der Waals surface area contributed by atoms with Gasteiger partial charge in [0.25, 0.3) is 7.82 Å². The smallest absolute Gasteiger partial charge is 0.306 e. The van der Waals surface area contributed by atoms with Gasteiger partial charge in [-0.1, -0.05) is 191 Å². The van der Waals surface area contributed by atoms with Crippen LogP contribution < -0.4 is 4.89 Å². The van der Waals surface area contributed by atoms with Gasteiger partial charge in [-0.3, -0.25) is 14.2 Å². The average Bonchev–Trinajstić information content (AvgIpc) is 3.16. The Bertz CT molecular complexity index is 1110. The van der Waals surface area contributed by atoms with Crippen LogP contribution in [0.5, 0.6) is 0 Å². The number of allylic oxidation sites excluding steroid dienone is 8. The summed E-state index contributed by atoms with van der Waals surface area (Å²) in [6.45, 7) is 4.05. The zero-order valence-electron chi connectivity index (χ0n) is 37.3. The van der Waals surface area contributed by atoms with E-state index in [0.717, 1.165) is 44.9 Å². The topological polar surface area (TPSA) is 111 Å². The van der Waals surface area contributed by atoms with Crippen molar-refractivity contribution >= 4 is 19.8 Å². The van der Waals surface area contributed by atoms with Crippen LogP contribution in [0.1, 0.15) is 187 Å². The maximum absolute atomic E-state index is 12.6. The Hall–Kier alpha value is -2.03. The Morgan fingerprint density at radius 3 is 1.49 bits per heavy atom. The molecule has 0 saturated carbocycles. The molecule has 0 aromatic rings. The van der Waals surface area contributed by atoms with Crippen LogP contribution in [0.4, 0.5) is 0 Å². The van der Waals surface area contributed by atoms with Gasteiger partial charge < -0.3 is 27.9 Å². The summed E-state index contributed by atoms with van der Waals surface area (Å²) in [6.07, 6.45) is 45.8. The van der Waals surface area contributed by atoms with Gasteiger partial charge in [-0.15, -0.1) is 0 Å². The Balaban J connectivity index is 4.30. The lowest BCUT2D eigenvalue weighted by atomic mass is 10.0. The van der Waals surface area contributed by atoms with Crippen LogP contribution in [0.25, 0.3) is 0 Å². The molecule has 0 heterocycles. The fourth-order valence-corrected chi connectivity index (χ4v) is 6.86. The molecule has 0 aliphatic rings. The van der Waals surface area contributed by atoms with Gasteiger partial charge in [0, 0.05) is 12.8 Å². The van der Waals surface area contributed by atoms with Gasteiger partial charge >= 0.3 is 11.9 Å². The number of likely N-dealkylation sites (N-methyl/N-ethyl adjacent to an activating group) is 1. The zero-order valence-corrected chi connectivity index (χ0v) is 38.2. The van der Waals surface area contributed by atoms with Crippen molar-refractivity contribution in [2.24, 2.45) is 0 Å². The Morgan fingerprint density at radius 1 is 0.561 bits per heavy atom. The molecular formula is C47H86NO8P. The molecule has 9 nitrogen and oxygen atoms in total. The molecular weight excluding hydrogens is 737 g/mol. The average molecular weight is 824 g/mol. The van der Waals surface area contributed by atoms with Crippen molar-refractivity contribution in [1.29, 1.82) is 0 Å². The van der Waals surface area contributed by atoms with Gasteiger partial charge in [-0.25, -0.2) is 0 Å². The van der Waals surface area contributed by atoms with Gasteiger partial charge in [-0.2, -0.15) is 0 Å². The Labute approximate surface area is 350 Å². The number of ether oxygens (including phenoxy) is 2. The van der Waals surface area contributed by atoms with Crippen molar-refractivity contribution in [3.8, 4) is 0 Å². The van der Waals surface area contributed by atoms with E-state index in [1.54, 1.807) is 0 Å². The summed E-state index contributed by atoms with van der Waals surface area (Å²) in [5.74, 6) is -0.877. The van der Waals surface area contributed by atoms with E-state index >= 15 is 0 Å². The van der Waals surface area contributed by atoms with Gasteiger partial charge in [0.15, 0.2) is 6.10 Å². The highest BCUT2D eigenvalue weighted by molar-refractivity contribution is 7.45. The van der Waals surface area contributed by atoms with Crippen LogP contribution >= 0.6 is 7.82 Å². The predicted octanol–water partition coefficient (Wildman–Crippen LogP) is 12.4. The lowest BCUT2D eigenvalue weighted by Crippen LogP contribution is -2.37. The fourth-order valence-electron chi connectivity index (χ4n) is 6.14. The number of hydrogen-bond donors (Lipinski definition) is 0. The van der Waals surface area contributed by atoms with Crippen LogP contribution in [0.2, 0.25) is 0 Å². The number of rotatable bonds is 41. The molecule has 0 spiro atoms. The number of carbonyl (C=O) groups is 2. The molecule has 0 aromatic carbocycles.